The molecule has 1 aliphatic rings. The quantitative estimate of drug-likeness (QED) is 0.741. The van der Waals surface area contributed by atoms with Gasteiger partial charge in [-0.15, -0.1) is 0 Å². The van der Waals surface area contributed by atoms with E-state index in [-0.39, 0.29) is 18.7 Å². The van der Waals surface area contributed by atoms with Gasteiger partial charge in [0, 0.05) is 13.0 Å². The molecular formula is C12H20N2O4. The van der Waals surface area contributed by atoms with E-state index in [9.17, 15) is 14.4 Å². The third-order valence-electron chi connectivity index (χ3n) is 3.16. The van der Waals surface area contributed by atoms with Crippen LogP contribution in [0.15, 0.2) is 0 Å². The summed E-state index contributed by atoms with van der Waals surface area (Å²) in [6, 6.07) is -0.530. The number of carbonyl (C=O) groups is 3. The number of carboxylic acid groups (broad SMARTS) is 1. The zero-order valence-corrected chi connectivity index (χ0v) is 10.8. The maximum atomic E-state index is 12.1. The summed E-state index contributed by atoms with van der Waals surface area (Å²) in [5.41, 5.74) is 4.63. The summed E-state index contributed by atoms with van der Waals surface area (Å²) in [5.74, 6) is -1.61. The molecule has 18 heavy (non-hydrogen) atoms. The number of nitrogens with zero attached hydrogens (tertiary/aromatic N) is 1. The molecule has 0 spiro atoms. The van der Waals surface area contributed by atoms with Crippen LogP contribution in [0.25, 0.3) is 0 Å². The fraction of sp³-hybridized carbons (Fsp3) is 0.750. The zero-order chi connectivity index (χ0) is 13.9. The first kappa shape index (κ1) is 14.5. The van der Waals surface area contributed by atoms with Crippen LogP contribution in [-0.2, 0) is 14.4 Å². The first-order chi connectivity index (χ1) is 8.23. The lowest BCUT2D eigenvalue weighted by molar-refractivity contribution is -0.142. The predicted molar refractivity (Wildman–Crippen MR) is 64.6 cm³/mol. The molecule has 0 bridgehead atoms. The summed E-state index contributed by atoms with van der Waals surface area (Å²) < 4.78 is 0. The van der Waals surface area contributed by atoms with Crippen LogP contribution in [-0.4, -0.2) is 40.4 Å². The number of amides is 2. The van der Waals surface area contributed by atoms with Crippen LogP contribution in [0.4, 0.5) is 0 Å². The Morgan fingerprint density at radius 3 is 2.44 bits per heavy atom. The van der Waals surface area contributed by atoms with Crippen LogP contribution >= 0.6 is 0 Å². The van der Waals surface area contributed by atoms with Crippen molar-refractivity contribution in [3.63, 3.8) is 0 Å². The molecule has 1 saturated heterocycles. The second kappa shape index (κ2) is 5.37. The van der Waals surface area contributed by atoms with Gasteiger partial charge in [0.05, 0.1) is 6.42 Å². The van der Waals surface area contributed by atoms with Gasteiger partial charge >= 0.3 is 5.97 Å². The minimum absolute atomic E-state index is 0.0756. The van der Waals surface area contributed by atoms with Crippen molar-refractivity contribution in [2.45, 2.75) is 45.6 Å². The van der Waals surface area contributed by atoms with Crippen LogP contribution in [0, 0.1) is 5.41 Å². The van der Waals surface area contributed by atoms with Gasteiger partial charge in [0.2, 0.25) is 11.8 Å². The normalized spacial score (nSPS) is 19.9. The summed E-state index contributed by atoms with van der Waals surface area (Å²) in [6.07, 6.45) is 1.40. The Balaban J connectivity index is 2.65. The largest absolute Gasteiger partial charge is 0.481 e. The van der Waals surface area contributed by atoms with E-state index in [1.165, 1.54) is 4.90 Å². The van der Waals surface area contributed by atoms with Gasteiger partial charge in [-0.2, -0.15) is 0 Å². The molecule has 1 atom stereocenters. The second-order valence-electron chi connectivity index (χ2n) is 5.56. The summed E-state index contributed by atoms with van der Waals surface area (Å²) in [5, 5.41) is 8.77. The van der Waals surface area contributed by atoms with Gasteiger partial charge in [0.15, 0.2) is 0 Å². The van der Waals surface area contributed by atoms with E-state index in [0.717, 1.165) is 6.42 Å². The fourth-order valence-corrected chi connectivity index (χ4v) is 2.34. The van der Waals surface area contributed by atoms with Crippen molar-refractivity contribution in [2.24, 2.45) is 11.1 Å². The average Bonchev–Trinajstić information content (AvgIpc) is 2.61. The van der Waals surface area contributed by atoms with Gasteiger partial charge in [-0.25, -0.2) is 0 Å². The van der Waals surface area contributed by atoms with Gasteiger partial charge in [0.25, 0.3) is 0 Å². The van der Waals surface area contributed by atoms with Gasteiger partial charge in [0.1, 0.15) is 6.04 Å². The second-order valence-corrected chi connectivity index (χ2v) is 5.56. The standard InChI is InChI=1S/C12H20N2O4/c1-12(2,7-10(16)17)6-9(15)14-5-3-4-8(14)11(13)18/h8H,3-7H2,1-2H3,(H2,13,18)(H,16,17). The molecule has 0 saturated carbocycles. The minimum Gasteiger partial charge on any atom is -0.481 e. The molecule has 6 nitrogen and oxygen atoms in total. The van der Waals surface area contributed by atoms with Gasteiger partial charge in [-0.05, 0) is 18.3 Å². The number of primary amides is 1. The number of hydrogen-bond acceptors (Lipinski definition) is 3. The molecule has 0 aromatic carbocycles. The van der Waals surface area contributed by atoms with Crippen molar-refractivity contribution < 1.29 is 19.5 Å². The average molecular weight is 256 g/mol. The molecule has 0 radical (unpaired) electrons. The topological polar surface area (TPSA) is 101 Å². The highest BCUT2D eigenvalue weighted by Crippen LogP contribution is 2.28. The van der Waals surface area contributed by atoms with E-state index < -0.39 is 23.3 Å². The maximum Gasteiger partial charge on any atom is 0.303 e. The van der Waals surface area contributed by atoms with E-state index in [2.05, 4.69) is 0 Å². The number of carbonyl (C=O) groups excluding carboxylic acids is 2. The Kier molecular flexibility index (Phi) is 4.32. The van der Waals surface area contributed by atoms with Crippen molar-refractivity contribution in [3.8, 4) is 0 Å². The fourth-order valence-electron chi connectivity index (χ4n) is 2.34. The molecular weight excluding hydrogens is 236 g/mol. The molecule has 6 heteroatoms. The van der Waals surface area contributed by atoms with Crippen molar-refractivity contribution in [2.75, 3.05) is 6.54 Å². The van der Waals surface area contributed by atoms with E-state index in [0.29, 0.717) is 13.0 Å². The van der Waals surface area contributed by atoms with E-state index >= 15 is 0 Å². The van der Waals surface area contributed by atoms with Gasteiger partial charge in [-0.1, -0.05) is 13.8 Å². The molecule has 0 aromatic heterocycles. The molecule has 1 unspecified atom stereocenters. The van der Waals surface area contributed by atoms with Gasteiger partial charge < -0.3 is 15.7 Å². The zero-order valence-electron chi connectivity index (χ0n) is 10.8. The number of hydrogen-bond donors (Lipinski definition) is 2. The highest BCUT2D eigenvalue weighted by Gasteiger charge is 2.35. The smallest absolute Gasteiger partial charge is 0.303 e. The van der Waals surface area contributed by atoms with Crippen molar-refractivity contribution in [1.29, 1.82) is 0 Å². The molecule has 0 aromatic rings. The van der Waals surface area contributed by atoms with Gasteiger partial charge in [-0.3, -0.25) is 14.4 Å². The van der Waals surface area contributed by atoms with Crippen LogP contribution in [0.1, 0.15) is 39.5 Å². The molecule has 3 N–H and O–H groups in total. The predicted octanol–water partition coefficient (Wildman–Crippen LogP) is 0.354. The highest BCUT2D eigenvalue weighted by molar-refractivity contribution is 5.87. The number of nitrogens with two attached hydrogens (primary N) is 1. The van der Waals surface area contributed by atoms with E-state index in [1.807, 2.05) is 0 Å². The molecule has 1 rings (SSSR count). The maximum absolute atomic E-state index is 12.1. The van der Waals surface area contributed by atoms with E-state index in [4.69, 9.17) is 10.8 Å². The lowest BCUT2D eigenvalue weighted by Gasteiger charge is -2.28. The third-order valence-corrected chi connectivity index (χ3v) is 3.16. The number of likely N-dealkylation sites (tertiary alicyclic amines) is 1. The Morgan fingerprint density at radius 2 is 1.94 bits per heavy atom. The lowest BCUT2D eigenvalue weighted by atomic mass is 9.85. The minimum atomic E-state index is -0.930. The molecule has 102 valence electrons. The Morgan fingerprint density at radius 1 is 1.33 bits per heavy atom. The van der Waals surface area contributed by atoms with Crippen LogP contribution < -0.4 is 5.73 Å². The molecule has 1 fully saturated rings. The van der Waals surface area contributed by atoms with E-state index in [1.54, 1.807) is 13.8 Å². The summed E-state index contributed by atoms with van der Waals surface area (Å²) in [7, 11) is 0. The third kappa shape index (κ3) is 3.72. The number of rotatable bonds is 5. The lowest BCUT2D eigenvalue weighted by Crippen LogP contribution is -2.45. The summed E-state index contributed by atoms with van der Waals surface area (Å²) in [4.78, 5) is 35.4. The Hall–Kier alpha value is -1.59. The highest BCUT2D eigenvalue weighted by atomic mass is 16.4. The van der Waals surface area contributed by atoms with Crippen LogP contribution in [0.3, 0.4) is 0 Å². The first-order valence-electron chi connectivity index (χ1n) is 6.03. The summed E-state index contributed by atoms with van der Waals surface area (Å²) >= 11 is 0. The van der Waals surface area contributed by atoms with Crippen molar-refractivity contribution in [3.05, 3.63) is 0 Å². The number of carboxylic acids is 1. The number of aliphatic carboxylic acids is 1. The SMILES string of the molecule is CC(C)(CC(=O)O)CC(=O)N1CCCC1C(N)=O. The first-order valence-corrected chi connectivity index (χ1v) is 6.03. The van der Waals surface area contributed by atoms with Crippen LogP contribution in [0.2, 0.25) is 0 Å². The van der Waals surface area contributed by atoms with Crippen LogP contribution in [0.5, 0.6) is 0 Å². The molecule has 0 aliphatic carbocycles. The molecule has 1 aliphatic heterocycles. The molecule has 2 amide bonds. The molecule has 1 heterocycles. The summed E-state index contributed by atoms with van der Waals surface area (Å²) in [6.45, 7) is 3.98. The van der Waals surface area contributed by atoms with Crippen molar-refractivity contribution in [1.82, 2.24) is 4.90 Å². The van der Waals surface area contributed by atoms with Crippen molar-refractivity contribution >= 4 is 17.8 Å². The Bertz CT molecular complexity index is 365. The Labute approximate surface area is 106 Å². The monoisotopic (exact) mass is 256 g/mol.